The third-order valence-corrected chi connectivity index (χ3v) is 7.77. The molecule has 2 saturated carbocycles. The lowest BCUT2D eigenvalue weighted by Crippen LogP contribution is -2.48. The summed E-state index contributed by atoms with van der Waals surface area (Å²) in [5.41, 5.74) is 1.97. The number of nitrogens with zero attached hydrogens (tertiary/aromatic N) is 3. The predicted octanol–water partition coefficient (Wildman–Crippen LogP) is 3.07. The van der Waals surface area contributed by atoms with Crippen LogP contribution in [0.2, 0.25) is 0 Å². The summed E-state index contributed by atoms with van der Waals surface area (Å²) in [6, 6.07) is 7.27. The quantitative estimate of drug-likeness (QED) is 0.791. The van der Waals surface area contributed by atoms with Crippen molar-refractivity contribution in [1.82, 2.24) is 14.1 Å². The van der Waals surface area contributed by atoms with Crippen molar-refractivity contribution in [2.24, 2.45) is 5.92 Å². The third kappa shape index (κ3) is 3.32. The maximum atomic E-state index is 13.5. The minimum atomic E-state index is -3.59. The zero-order valence-corrected chi connectivity index (χ0v) is 16.3. The fourth-order valence-electron chi connectivity index (χ4n) is 3.85. The number of rotatable bonds is 5. The lowest BCUT2D eigenvalue weighted by Gasteiger charge is -2.38. The van der Waals surface area contributed by atoms with Gasteiger partial charge in [-0.2, -0.15) is 9.40 Å². The van der Waals surface area contributed by atoms with Gasteiger partial charge in [0.1, 0.15) is 0 Å². The molecule has 0 N–H and O–H groups in total. The van der Waals surface area contributed by atoms with Gasteiger partial charge in [-0.05, 0) is 50.7 Å². The highest BCUT2D eigenvalue weighted by atomic mass is 32.2. The Morgan fingerprint density at radius 1 is 1.11 bits per heavy atom. The first-order valence-corrected chi connectivity index (χ1v) is 11.2. The Morgan fingerprint density at radius 2 is 1.85 bits per heavy atom. The zero-order chi connectivity index (χ0) is 18.6. The molecule has 2 atom stereocenters. The molecule has 2 unspecified atom stereocenters. The number of aryl methyl sites for hydroxylation is 1. The number of benzene rings is 1. The highest BCUT2D eigenvalue weighted by molar-refractivity contribution is 7.89. The monoisotopic (exact) mass is 387 g/mol. The topological polar surface area (TPSA) is 64.4 Å². The molecule has 2 heterocycles. The normalized spacial score (nSPS) is 27.0. The third-order valence-electron chi connectivity index (χ3n) is 5.88. The Morgan fingerprint density at radius 3 is 2.52 bits per heavy atom. The Labute approximate surface area is 160 Å². The van der Waals surface area contributed by atoms with E-state index in [9.17, 15) is 8.42 Å². The number of hydrogen-bond donors (Lipinski definition) is 0. The van der Waals surface area contributed by atoms with Crippen molar-refractivity contribution in [3.8, 4) is 0 Å². The van der Waals surface area contributed by atoms with Crippen LogP contribution in [0.15, 0.2) is 41.6 Å². The number of aromatic nitrogens is 2. The van der Waals surface area contributed by atoms with Gasteiger partial charge in [0.05, 0.1) is 35.9 Å². The fourth-order valence-corrected chi connectivity index (χ4v) is 5.46. The summed E-state index contributed by atoms with van der Waals surface area (Å²) < 4.78 is 36.6. The van der Waals surface area contributed by atoms with Crippen molar-refractivity contribution >= 4 is 10.0 Å². The summed E-state index contributed by atoms with van der Waals surface area (Å²) in [6.07, 6.45) is 8.37. The SMILES string of the molecule is Cc1ccc(S(=O)(=O)N2CC(C3CC3)OCC2c2cnn(C3CC3)c2)cc1. The molecule has 6 nitrogen and oxygen atoms in total. The number of hydrogen-bond acceptors (Lipinski definition) is 4. The Bertz CT molecular complexity index is 930. The number of ether oxygens (including phenoxy) is 1. The molecule has 1 aromatic heterocycles. The highest BCUT2D eigenvalue weighted by Gasteiger charge is 2.44. The molecule has 0 amide bonds. The molecule has 27 heavy (non-hydrogen) atoms. The second kappa shape index (κ2) is 6.43. The van der Waals surface area contributed by atoms with E-state index in [4.69, 9.17) is 4.74 Å². The average molecular weight is 388 g/mol. The maximum absolute atomic E-state index is 13.5. The van der Waals surface area contributed by atoms with Crippen molar-refractivity contribution in [1.29, 1.82) is 0 Å². The molecule has 3 aliphatic rings. The fraction of sp³-hybridized carbons (Fsp3) is 0.550. The van der Waals surface area contributed by atoms with E-state index in [1.807, 2.05) is 36.1 Å². The van der Waals surface area contributed by atoms with Crippen molar-refractivity contribution in [3.05, 3.63) is 47.8 Å². The van der Waals surface area contributed by atoms with E-state index >= 15 is 0 Å². The van der Waals surface area contributed by atoms with Crippen molar-refractivity contribution in [2.45, 2.75) is 55.7 Å². The highest BCUT2D eigenvalue weighted by Crippen LogP contribution is 2.41. The number of sulfonamides is 1. The molecular weight excluding hydrogens is 362 g/mol. The lowest BCUT2D eigenvalue weighted by molar-refractivity contribution is -0.0436. The molecule has 1 aliphatic heterocycles. The van der Waals surface area contributed by atoms with Gasteiger partial charge in [0.2, 0.25) is 10.0 Å². The summed E-state index contributed by atoms with van der Waals surface area (Å²) in [5.74, 6) is 0.496. The minimum Gasteiger partial charge on any atom is -0.375 e. The van der Waals surface area contributed by atoms with Crippen LogP contribution in [-0.2, 0) is 14.8 Å². The van der Waals surface area contributed by atoms with Gasteiger partial charge < -0.3 is 4.74 Å². The number of morpholine rings is 1. The van der Waals surface area contributed by atoms with Crippen molar-refractivity contribution in [2.75, 3.05) is 13.2 Å². The van der Waals surface area contributed by atoms with Gasteiger partial charge in [0.15, 0.2) is 0 Å². The van der Waals surface area contributed by atoms with E-state index in [0.717, 1.165) is 36.8 Å². The van der Waals surface area contributed by atoms with E-state index in [0.29, 0.717) is 30.0 Å². The molecule has 1 aromatic carbocycles. The largest absolute Gasteiger partial charge is 0.375 e. The van der Waals surface area contributed by atoms with E-state index in [1.165, 1.54) is 0 Å². The summed E-state index contributed by atoms with van der Waals surface area (Å²) in [5, 5.41) is 4.46. The van der Waals surface area contributed by atoms with Crippen LogP contribution in [0.5, 0.6) is 0 Å². The van der Waals surface area contributed by atoms with Gasteiger partial charge in [-0.1, -0.05) is 17.7 Å². The Hall–Kier alpha value is -1.70. The standard InChI is InChI=1S/C20H25N3O3S/c1-14-2-8-18(9-3-14)27(24,25)23-12-20(15-4-5-15)26-13-19(23)16-10-21-22(11-16)17-6-7-17/h2-3,8-11,15,17,19-20H,4-7,12-13H2,1H3. The summed E-state index contributed by atoms with van der Waals surface area (Å²) in [4.78, 5) is 0.351. The van der Waals surface area contributed by atoms with Gasteiger partial charge in [-0.15, -0.1) is 0 Å². The molecule has 5 rings (SSSR count). The van der Waals surface area contributed by atoms with Crippen LogP contribution in [-0.4, -0.2) is 41.8 Å². The molecule has 2 aromatic rings. The predicted molar refractivity (Wildman–Crippen MR) is 101 cm³/mol. The van der Waals surface area contributed by atoms with Crippen molar-refractivity contribution < 1.29 is 13.2 Å². The summed E-state index contributed by atoms with van der Waals surface area (Å²) in [6.45, 7) is 2.77. The second-order valence-electron chi connectivity index (χ2n) is 8.10. The zero-order valence-electron chi connectivity index (χ0n) is 15.5. The molecule has 0 radical (unpaired) electrons. The summed E-state index contributed by atoms with van der Waals surface area (Å²) in [7, 11) is -3.59. The van der Waals surface area contributed by atoms with Crippen LogP contribution >= 0.6 is 0 Å². The average Bonchev–Trinajstić information content (AvgIpc) is 3.60. The first-order chi connectivity index (χ1) is 13.0. The van der Waals surface area contributed by atoms with E-state index in [1.54, 1.807) is 16.4 Å². The lowest BCUT2D eigenvalue weighted by atomic mass is 10.1. The molecule has 3 fully saturated rings. The van der Waals surface area contributed by atoms with Crippen LogP contribution in [0, 0.1) is 12.8 Å². The van der Waals surface area contributed by atoms with Crippen LogP contribution < -0.4 is 0 Å². The molecule has 2 aliphatic carbocycles. The first kappa shape index (κ1) is 17.4. The van der Waals surface area contributed by atoms with Gasteiger partial charge in [0.25, 0.3) is 0 Å². The molecular formula is C20H25N3O3S. The van der Waals surface area contributed by atoms with Gasteiger partial charge in [0, 0.05) is 18.3 Å². The molecule has 0 bridgehead atoms. The van der Waals surface area contributed by atoms with Crippen LogP contribution in [0.3, 0.4) is 0 Å². The van der Waals surface area contributed by atoms with Crippen LogP contribution in [0.1, 0.15) is 48.9 Å². The molecule has 144 valence electrons. The molecule has 7 heteroatoms. The van der Waals surface area contributed by atoms with E-state index in [-0.39, 0.29) is 12.1 Å². The van der Waals surface area contributed by atoms with Gasteiger partial charge in [-0.3, -0.25) is 4.68 Å². The van der Waals surface area contributed by atoms with Gasteiger partial charge in [-0.25, -0.2) is 8.42 Å². The van der Waals surface area contributed by atoms with Crippen LogP contribution in [0.4, 0.5) is 0 Å². The second-order valence-corrected chi connectivity index (χ2v) is 9.99. The maximum Gasteiger partial charge on any atom is 0.243 e. The Balaban J connectivity index is 1.49. The van der Waals surface area contributed by atoms with E-state index in [2.05, 4.69) is 5.10 Å². The minimum absolute atomic E-state index is 0.0000460. The molecule has 1 saturated heterocycles. The smallest absolute Gasteiger partial charge is 0.243 e. The van der Waals surface area contributed by atoms with E-state index < -0.39 is 10.0 Å². The Kier molecular flexibility index (Phi) is 4.14. The molecule has 0 spiro atoms. The van der Waals surface area contributed by atoms with Crippen molar-refractivity contribution in [3.63, 3.8) is 0 Å². The first-order valence-electron chi connectivity index (χ1n) is 9.76. The van der Waals surface area contributed by atoms with Gasteiger partial charge >= 0.3 is 0 Å². The van der Waals surface area contributed by atoms with Crippen LogP contribution in [0.25, 0.3) is 0 Å². The summed E-state index contributed by atoms with van der Waals surface area (Å²) >= 11 is 0.